The average Bonchev–Trinajstić information content (AvgIpc) is 2.85. The highest BCUT2D eigenvalue weighted by Gasteiger charge is 2.21. The Labute approximate surface area is 132 Å². The summed E-state index contributed by atoms with van der Waals surface area (Å²) in [7, 11) is -2.32. The molecule has 0 saturated heterocycles. The molecule has 0 aliphatic heterocycles. The van der Waals surface area contributed by atoms with Gasteiger partial charge in [0, 0.05) is 10.4 Å². The second-order valence-electron chi connectivity index (χ2n) is 4.65. The molecule has 3 aromatic rings. The Hall–Kier alpha value is -2.18. The van der Waals surface area contributed by atoms with Gasteiger partial charge in [-0.15, -0.1) is 0 Å². The van der Waals surface area contributed by atoms with Crippen molar-refractivity contribution >= 4 is 32.5 Å². The molecule has 0 spiro atoms. The SMILES string of the molecule is COc1ccc2c(c1)c(O)cn2S(=O)(=O)c1ccc(Cl)cc1. The largest absolute Gasteiger partial charge is 0.506 e. The van der Waals surface area contributed by atoms with Crippen molar-refractivity contribution in [3.8, 4) is 11.5 Å². The van der Waals surface area contributed by atoms with Crippen LogP contribution in [0.4, 0.5) is 0 Å². The Kier molecular flexibility index (Phi) is 3.50. The number of methoxy groups -OCH3 is 1. The van der Waals surface area contributed by atoms with Crippen LogP contribution < -0.4 is 4.74 Å². The summed E-state index contributed by atoms with van der Waals surface area (Å²) < 4.78 is 31.5. The van der Waals surface area contributed by atoms with Gasteiger partial charge in [0.2, 0.25) is 0 Å². The number of aromatic nitrogens is 1. The molecule has 1 N–H and O–H groups in total. The van der Waals surface area contributed by atoms with Crippen molar-refractivity contribution in [2.45, 2.75) is 4.90 Å². The normalized spacial score (nSPS) is 11.7. The van der Waals surface area contributed by atoms with Crippen molar-refractivity contribution in [1.82, 2.24) is 3.97 Å². The van der Waals surface area contributed by atoms with E-state index < -0.39 is 10.0 Å². The van der Waals surface area contributed by atoms with E-state index in [2.05, 4.69) is 0 Å². The number of benzene rings is 2. The lowest BCUT2D eigenvalue weighted by atomic mass is 10.2. The van der Waals surface area contributed by atoms with Crippen LogP contribution in [-0.4, -0.2) is 24.6 Å². The molecule has 0 unspecified atom stereocenters. The van der Waals surface area contributed by atoms with Crippen molar-refractivity contribution in [3.63, 3.8) is 0 Å². The molecule has 2 aromatic carbocycles. The lowest BCUT2D eigenvalue weighted by Crippen LogP contribution is -2.11. The summed E-state index contributed by atoms with van der Waals surface area (Å²) in [5.41, 5.74) is 0.369. The molecule has 114 valence electrons. The molecule has 0 amide bonds. The van der Waals surface area contributed by atoms with Gasteiger partial charge in [-0.2, -0.15) is 0 Å². The molecule has 5 nitrogen and oxygen atoms in total. The molecular weight excluding hydrogens is 326 g/mol. The highest BCUT2D eigenvalue weighted by Crippen LogP contribution is 2.33. The molecule has 0 aliphatic rings. The first-order valence-electron chi connectivity index (χ1n) is 6.32. The molecule has 1 aromatic heterocycles. The molecule has 3 rings (SSSR count). The van der Waals surface area contributed by atoms with Crippen LogP contribution in [-0.2, 0) is 10.0 Å². The van der Waals surface area contributed by atoms with Crippen molar-refractivity contribution in [2.75, 3.05) is 7.11 Å². The van der Waals surface area contributed by atoms with E-state index in [0.29, 0.717) is 21.7 Å². The van der Waals surface area contributed by atoms with Gasteiger partial charge in [-0.3, -0.25) is 0 Å². The Morgan fingerprint density at radius 2 is 1.82 bits per heavy atom. The van der Waals surface area contributed by atoms with E-state index in [1.54, 1.807) is 18.2 Å². The Morgan fingerprint density at radius 3 is 2.45 bits per heavy atom. The van der Waals surface area contributed by atoms with Gasteiger partial charge < -0.3 is 9.84 Å². The third-order valence-corrected chi connectivity index (χ3v) is 5.27. The zero-order valence-corrected chi connectivity index (χ0v) is 13.1. The lowest BCUT2D eigenvalue weighted by Gasteiger charge is -2.07. The molecule has 1 heterocycles. The summed E-state index contributed by atoms with van der Waals surface area (Å²) in [6.45, 7) is 0. The monoisotopic (exact) mass is 337 g/mol. The predicted molar refractivity (Wildman–Crippen MR) is 84.2 cm³/mol. The molecule has 22 heavy (non-hydrogen) atoms. The number of rotatable bonds is 3. The van der Waals surface area contributed by atoms with Crippen molar-refractivity contribution in [2.24, 2.45) is 0 Å². The van der Waals surface area contributed by atoms with Crippen LogP contribution in [0.1, 0.15) is 0 Å². The minimum absolute atomic E-state index is 0.0876. The maximum absolute atomic E-state index is 12.7. The highest BCUT2D eigenvalue weighted by molar-refractivity contribution is 7.90. The molecule has 0 bridgehead atoms. The molecule has 0 fully saturated rings. The summed E-state index contributed by atoms with van der Waals surface area (Å²) in [5.74, 6) is 0.399. The van der Waals surface area contributed by atoms with Crippen LogP contribution >= 0.6 is 11.6 Å². The van der Waals surface area contributed by atoms with Crippen molar-refractivity contribution < 1.29 is 18.3 Å². The van der Waals surface area contributed by atoms with Gasteiger partial charge in [-0.1, -0.05) is 11.6 Å². The lowest BCUT2D eigenvalue weighted by molar-refractivity contribution is 0.415. The topological polar surface area (TPSA) is 68.5 Å². The molecule has 0 radical (unpaired) electrons. The molecule has 0 atom stereocenters. The summed E-state index contributed by atoms with van der Waals surface area (Å²) >= 11 is 5.78. The van der Waals surface area contributed by atoms with Crippen LogP contribution in [0.5, 0.6) is 11.5 Å². The maximum atomic E-state index is 12.7. The van der Waals surface area contributed by atoms with E-state index in [0.717, 1.165) is 3.97 Å². The summed E-state index contributed by atoms with van der Waals surface area (Å²) in [6, 6.07) is 10.6. The highest BCUT2D eigenvalue weighted by atomic mass is 35.5. The van der Waals surface area contributed by atoms with Crippen LogP contribution in [0.3, 0.4) is 0 Å². The fourth-order valence-corrected chi connectivity index (χ4v) is 3.70. The second-order valence-corrected chi connectivity index (χ2v) is 6.90. The van der Waals surface area contributed by atoms with Crippen LogP contribution in [0.2, 0.25) is 5.02 Å². The molecule has 0 aliphatic carbocycles. The van der Waals surface area contributed by atoms with E-state index in [4.69, 9.17) is 16.3 Å². The first-order chi connectivity index (χ1) is 10.4. The van der Waals surface area contributed by atoms with Crippen LogP contribution in [0, 0.1) is 0 Å². The smallest absolute Gasteiger partial charge is 0.268 e. The number of ether oxygens (including phenoxy) is 1. The molecule has 7 heteroatoms. The Bertz CT molecular complexity index is 946. The zero-order valence-electron chi connectivity index (χ0n) is 11.5. The third-order valence-electron chi connectivity index (χ3n) is 3.33. The fraction of sp³-hybridized carbons (Fsp3) is 0.0667. The van der Waals surface area contributed by atoms with E-state index in [9.17, 15) is 13.5 Å². The average molecular weight is 338 g/mol. The van der Waals surface area contributed by atoms with Gasteiger partial charge in [0.05, 0.1) is 23.7 Å². The van der Waals surface area contributed by atoms with Crippen LogP contribution in [0.25, 0.3) is 10.9 Å². The summed E-state index contributed by atoms with van der Waals surface area (Å²) in [6.07, 6.45) is 1.17. The van der Waals surface area contributed by atoms with Gasteiger partial charge in [-0.05, 0) is 42.5 Å². The fourth-order valence-electron chi connectivity index (χ4n) is 2.21. The van der Waals surface area contributed by atoms with Crippen molar-refractivity contribution in [1.29, 1.82) is 0 Å². The number of aromatic hydroxyl groups is 1. The maximum Gasteiger partial charge on any atom is 0.268 e. The number of hydrogen-bond donors (Lipinski definition) is 1. The standard InChI is InChI=1S/C15H12ClNO4S/c1-21-11-4-7-14-13(8-11)15(18)9-17(14)22(19,20)12-5-2-10(16)3-6-12/h2-9,18H,1H3. The Balaban J connectivity index is 2.23. The van der Waals surface area contributed by atoms with Crippen molar-refractivity contribution in [3.05, 3.63) is 53.7 Å². The molecule has 0 saturated carbocycles. The number of fused-ring (bicyclic) bond motifs is 1. The number of nitrogens with zero attached hydrogens (tertiary/aromatic N) is 1. The quantitative estimate of drug-likeness (QED) is 0.796. The molecular formula is C15H12ClNO4S. The first kappa shape index (κ1) is 14.7. The van der Waals surface area contributed by atoms with Crippen LogP contribution in [0.15, 0.2) is 53.6 Å². The number of halogens is 1. The van der Waals surface area contributed by atoms with E-state index in [1.807, 2.05) is 0 Å². The van der Waals surface area contributed by atoms with E-state index >= 15 is 0 Å². The van der Waals surface area contributed by atoms with E-state index in [1.165, 1.54) is 37.6 Å². The van der Waals surface area contributed by atoms with Gasteiger partial charge in [0.25, 0.3) is 10.0 Å². The summed E-state index contributed by atoms with van der Waals surface area (Å²) in [5, 5.41) is 10.9. The van der Waals surface area contributed by atoms with Gasteiger partial charge in [-0.25, -0.2) is 12.4 Å². The zero-order chi connectivity index (χ0) is 15.9. The second kappa shape index (κ2) is 5.23. The predicted octanol–water partition coefficient (Wildman–Crippen LogP) is 3.25. The summed E-state index contributed by atoms with van der Waals surface area (Å²) in [4.78, 5) is 0.0876. The van der Waals surface area contributed by atoms with Gasteiger partial charge >= 0.3 is 0 Å². The van der Waals surface area contributed by atoms with Gasteiger partial charge in [0.15, 0.2) is 0 Å². The van der Waals surface area contributed by atoms with Gasteiger partial charge in [0.1, 0.15) is 11.5 Å². The number of hydrogen-bond acceptors (Lipinski definition) is 4. The minimum Gasteiger partial charge on any atom is -0.506 e. The van der Waals surface area contributed by atoms with E-state index in [-0.39, 0.29) is 10.6 Å². The minimum atomic E-state index is -3.82. The first-order valence-corrected chi connectivity index (χ1v) is 8.14. The third kappa shape index (κ3) is 2.30. The Morgan fingerprint density at radius 1 is 1.14 bits per heavy atom.